The molecule has 0 saturated heterocycles. The van der Waals surface area contributed by atoms with Crippen molar-refractivity contribution in [2.45, 2.75) is 46.2 Å². The van der Waals surface area contributed by atoms with Gasteiger partial charge in [0.1, 0.15) is 11.6 Å². The quantitative estimate of drug-likeness (QED) is 0.801. The molecule has 0 unspecified atom stereocenters. The molecular formula is C17H25FN4S. The lowest BCUT2D eigenvalue weighted by molar-refractivity contribution is 0.564. The topological polar surface area (TPSA) is 41.0 Å². The average Bonchev–Trinajstić information content (AvgIpc) is 2.93. The lowest BCUT2D eigenvalue weighted by Crippen LogP contribution is -2.38. The van der Waals surface area contributed by atoms with E-state index in [4.69, 9.17) is 0 Å². The van der Waals surface area contributed by atoms with Gasteiger partial charge in [-0.05, 0) is 25.5 Å². The van der Waals surface area contributed by atoms with E-state index in [-0.39, 0.29) is 5.82 Å². The van der Waals surface area contributed by atoms with E-state index >= 15 is 0 Å². The Bertz CT molecular complexity index is 612. The first-order valence-corrected chi connectivity index (χ1v) is 8.80. The van der Waals surface area contributed by atoms with E-state index in [9.17, 15) is 4.39 Å². The molecule has 1 heterocycles. The number of hydrogen-bond donors (Lipinski definition) is 1. The normalized spacial score (nSPS) is 11.4. The second kappa shape index (κ2) is 8.36. The van der Waals surface area contributed by atoms with Crippen molar-refractivity contribution in [1.29, 1.82) is 0 Å². The molecule has 2 aromatic rings. The molecule has 0 amide bonds. The molecule has 0 bridgehead atoms. The Kier molecular flexibility index (Phi) is 6.47. The van der Waals surface area contributed by atoms with E-state index in [0.29, 0.717) is 29.9 Å². The van der Waals surface area contributed by atoms with E-state index in [2.05, 4.69) is 47.3 Å². The van der Waals surface area contributed by atoms with Gasteiger partial charge in [0.25, 0.3) is 0 Å². The molecule has 0 aliphatic heterocycles. The van der Waals surface area contributed by atoms with Crippen LogP contribution in [0, 0.1) is 5.82 Å². The molecule has 0 atom stereocenters. The first-order chi connectivity index (χ1) is 11.0. The molecule has 6 heteroatoms. The molecular weight excluding hydrogens is 311 g/mol. The van der Waals surface area contributed by atoms with E-state index in [1.807, 2.05) is 6.07 Å². The summed E-state index contributed by atoms with van der Waals surface area (Å²) >= 11 is 1.38. The molecule has 4 nitrogen and oxygen atoms in total. The summed E-state index contributed by atoms with van der Waals surface area (Å²) in [5.41, 5.74) is 0.634. The Balaban J connectivity index is 2.04. The van der Waals surface area contributed by atoms with Crippen LogP contribution in [0.3, 0.4) is 0 Å². The predicted octanol–water partition coefficient (Wildman–Crippen LogP) is 3.48. The van der Waals surface area contributed by atoms with Crippen molar-refractivity contribution in [3.63, 3.8) is 0 Å². The lowest BCUT2D eigenvalue weighted by atomic mass is 10.1. The van der Waals surface area contributed by atoms with E-state index < -0.39 is 0 Å². The molecule has 0 radical (unpaired) electrons. The first kappa shape index (κ1) is 17.8. The van der Waals surface area contributed by atoms with Crippen LogP contribution in [-0.2, 0) is 6.42 Å². The zero-order valence-corrected chi connectivity index (χ0v) is 15.0. The van der Waals surface area contributed by atoms with E-state index in [1.165, 1.54) is 17.6 Å². The van der Waals surface area contributed by atoms with Gasteiger partial charge < -0.3 is 10.2 Å². The number of anilines is 1. The molecule has 126 valence electrons. The molecule has 0 spiro atoms. The van der Waals surface area contributed by atoms with Gasteiger partial charge in [0.2, 0.25) is 5.13 Å². The van der Waals surface area contributed by atoms with Crippen molar-refractivity contribution in [2.75, 3.05) is 18.0 Å². The smallest absolute Gasteiger partial charge is 0.205 e. The van der Waals surface area contributed by atoms with Crippen LogP contribution in [0.4, 0.5) is 9.52 Å². The number of hydrogen-bond acceptors (Lipinski definition) is 5. The van der Waals surface area contributed by atoms with Crippen molar-refractivity contribution in [3.05, 3.63) is 41.5 Å². The van der Waals surface area contributed by atoms with Crippen molar-refractivity contribution in [3.8, 4) is 0 Å². The maximum Gasteiger partial charge on any atom is 0.205 e. The Morgan fingerprint density at radius 2 is 1.96 bits per heavy atom. The minimum Gasteiger partial charge on any atom is -0.343 e. The number of nitrogens with zero attached hydrogens (tertiary/aromatic N) is 3. The van der Waals surface area contributed by atoms with Crippen molar-refractivity contribution < 1.29 is 4.39 Å². The van der Waals surface area contributed by atoms with Crippen molar-refractivity contribution in [2.24, 2.45) is 0 Å². The van der Waals surface area contributed by atoms with Gasteiger partial charge in [0.15, 0.2) is 0 Å². The third kappa shape index (κ3) is 5.25. The number of rotatable bonds is 8. The van der Waals surface area contributed by atoms with Crippen LogP contribution in [0.15, 0.2) is 24.3 Å². The Morgan fingerprint density at radius 1 is 1.22 bits per heavy atom. The minimum absolute atomic E-state index is 0.203. The fourth-order valence-electron chi connectivity index (χ4n) is 2.29. The molecule has 1 N–H and O–H groups in total. The van der Waals surface area contributed by atoms with Gasteiger partial charge in [-0.25, -0.2) is 9.37 Å². The van der Waals surface area contributed by atoms with Gasteiger partial charge in [-0.3, -0.25) is 0 Å². The second-order valence-electron chi connectivity index (χ2n) is 6.16. The van der Waals surface area contributed by atoms with Gasteiger partial charge in [-0.15, -0.1) is 0 Å². The summed E-state index contributed by atoms with van der Waals surface area (Å²) in [6.45, 7) is 10.3. The number of benzene rings is 1. The largest absolute Gasteiger partial charge is 0.343 e. The zero-order chi connectivity index (χ0) is 16.8. The highest BCUT2D eigenvalue weighted by Gasteiger charge is 2.16. The highest BCUT2D eigenvalue weighted by molar-refractivity contribution is 7.09. The van der Waals surface area contributed by atoms with Crippen LogP contribution in [0.5, 0.6) is 0 Å². The lowest BCUT2D eigenvalue weighted by Gasteiger charge is -2.26. The third-order valence-electron chi connectivity index (χ3n) is 3.54. The summed E-state index contributed by atoms with van der Waals surface area (Å²) in [6, 6.07) is 7.60. The Labute approximate surface area is 141 Å². The third-order valence-corrected chi connectivity index (χ3v) is 4.33. The molecule has 0 aliphatic carbocycles. The summed E-state index contributed by atoms with van der Waals surface area (Å²) in [7, 11) is 0. The standard InChI is InChI=1S/C17H25FN4S/c1-12(2)19-9-10-22(13(3)4)17-20-16(21-23-17)11-14-7-5-6-8-15(14)18/h5-8,12-13,19H,9-11H2,1-4H3. The maximum atomic E-state index is 13.7. The Hall–Kier alpha value is -1.53. The molecule has 0 saturated carbocycles. The summed E-state index contributed by atoms with van der Waals surface area (Å²) in [6.07, 6.45) is 0.430. The fourth-order valence-corrected chi connectivity index (χ4v) is 3.14. The summed E-state index contributed by atoms with van der Waals surface area (Å²) < 4.78 is 18.1. The number of halogens is 1. The summed E-state index contributed by atoms with van der Waals surface area (Å²) in [5.74, 6) is 0.475. The monoisotopic (exact) mass is 336 g/mol. The van der Waals surface area contributed by atoms with Crippen LogP contribution in [0.1, 0.15) is 39.1 Å². The number of aromatic nitrogens is 2. The second-order valence-corrected chi connectivity index (χ2v) is 6.89. The minimum atomic E-state index is -0.203. The highest BCUT2D eigenvalue weighted by atomic mass is 32.1. The summed E-state index contributed by atoms with van der Waals surface area (Å²) in [4.78, 5) is 6.84. The van der Waals surface area contributed by atoms with Gasteiger partial charge in [-0.2, -0.15) is 4.37 Å². The van der Waals surface area contributed by atoms with Crippen LogP contribution in [0.25, 0.3) is 0 Å². The molecule has 0 aliphatic rings. The highest BCUT2D eigenvalue weighted by Crippen LogP contribution is 2.21. The first-order valence-electron chi connectivity index (χ1n) is 8.03. The van der Waals surface area contributed by atoms with Crippen LogP contribution < -0.4 is 10.2 Å². The van der Waals surface area contributed by atoms with Crippen LogP contribution >= 0.6 is 11.5 Å². The maximum absolute atomic E-state index is 13.7. The molecule has 2 rings (SSSR count). The predicted molar refractivity (Wildman–Crippen MR) is 94.7 cm³/mol. The van der Waals surface area contributed by atoms with Crippen molar-refractivity contribution in [1.82, 2.24) is 14.7 Å². The van der Waals surface area contributed by atoms with Gasteiger partial charge in [0, 0.05) is 43.1 Å². The molecule has 23 heavy (non-hydrogen) atoms. The molecule has 0 fully saturated rings. The van der Waals surface area contributed by atoms with E-state index in [0.717, 1.165) is 18.2 Å². The van der Waals surface area contributed by atoms with Crippen LogP contribution in [-0.4, -0.2) is 34.5 Å². The number of nitrogens with one attached hydrogen (secondary N) is 1. The molecule has 1 aromatic heterocycles. The van der Waals surface area contributed by atoms with Crippen LogP contribution in [0.2, 0.25) is 0 Å². The van der Waals surface area contributed by atoms with Gasteiger partial charge in [-0.1, -0.05) is 32.0 Å². The van der Waals surface area contributed by atoms with E-state index in [1.54, 1.807) is 12.1 Å². The van der Waals surface area contributed by atoms with Gasteiger partial charge in [0.05, 0.1) is 0 Å². The van der Waals surface area contributed by atoms with Crippen molar-refractivity contribution >= 4 is 16.7 Å². The Morgan fingerprint density at radius 3 is 2.61 bits per heavy atom. The fraction of sp³-hybridized carbons (Fsp3) is 0.529. The summed E-state index contributed by atoms with van der Waals surface area (Å²) in [5, 5.41) is 4.32. The SMILES string of the molecule is CC(C)NCCN(c1nc(Cc2ccccc2F)ns1)C(C)C. The zero-order valence-electron chi connectivity index (χ0n) is 14.2. The molecule has 1 aromatic carbocycles. The average molecular weight is 336 g/mol. The van der Waals surface area contributed by atoms with Gasteiger partial charge >= 0.3 is 0 Å².